The number of amides is 1. The summed E-state index contributed by atoms with van der Waals surface area (Å²) in [6.45, 7) is 2.47. The summed E-state index contributed by atoms with van der Waals surface area (Å²) in [4.78, 5) is 12.3. The predicted molar refractivity (Wildman–Crippen MR) is 103 cm³/mol. The molecule has 0 unspecified atom stereocenters. The molecule has 2 aromatic carbocycles. The molecule has 0 fully saturated rings. The van der Waals surface area contributed by atoms with Crippen molar-refractivity contribution in [3.63, 3.8) is 0 Å². The molecule has 0 saturated heterocycles. The fraction of sp³-hybridized carbons (Fsp3) is 0.150. The predicted octanol–water partition coefficient (Wildman–Crippen LogP) is 3.25. The number of hydrazone groups is 1. The van der Waals surface area contributed by atoms with E-state index in [4.69, 9.17) is 9.47 Å². The van der Waals surface area contributed by atoms with E-state index in [1.165, 1.54) is 0 Å². The van der Waals surface area contributed by atoms with Crippen molar-refractivity contribution in [3.8, 4) is 22.8 Å². The minimum atomic E-state index is -0.387. The summed E-state index contributed by atoms with van der Waals surface area (Å²) in [5.41, 5.74) is 5.03. The van der Waals surface area contributed by atoms with Crippen LogP contribution in [0.2, 0.25) is 0 Å². The third kappa shape index (κ3) is 4.52. The van der Waals surface area contributed by atoms with Crippen molar-refractivity contribution < 1.29 is 14.3 Å². The van der Waals surface area contributed by atoms with Crippen LogP contribution in [0.3, 0.4) is 0 Å². The molecule has 2 N–H and O–H groups in total. The van der Waals surface area contributed by atoms with Gasteiger partial charge < -0.3 is 9.47 Å². The second-order valence-electron chi connectivity index (χ2n) is 5.57. The molecule has 0 spiro atoms. The van der Waals surface area contributed by atoms with Crippen molar-refractivity contribution in [2.45, 2.75) is 6.92 Å². The Morgan fingerprint density at radius 3 is 2.89 bits per heavy atom. The lowest BCUT2D eigenvalue weighted by Crippen LogP contribution is -2.18. The maximum atomic E-state index is 12.3. The van der Waals surface area contributed by atoms with Crippen LogP contribution in [0.25, 0.3) is 11.3 Å². The fourth-order valence-electron chi connectivity index (χ4n) is 2.48. The van der Waals surface area contributed by atoms with Crippen molar-refractivity contribution >= 4 is 12.1 Å². The number of H-pyrrole nitrogens is 1. The smallest absolute Gasteiger partial charge is 0.289 e. The van der Waals surface area contributed by atoms with E-state index in [1.54, 1.807) is 19.4 Å². The molecule has 3 aromatic rings. The number of nitrogens with zero attached hydrogens (tertiary/aromatic N) is 2. The zero-order valence-electron chi connectivity index (χ0n) is 15.1. The first-order valence-electron chi connectivity index (χ1n) is 8.46. The second kappa shape index (κ2) is 8.66. The Hall–Kier alpha value is -3.61. The Bertz CT molecular complexity index is 950. The maximum absolute atomic E-state index is 12.3. The second-order valence-corrected chi connectivity index (χ2v) is 5.57. The van der Waals surface area contributed by atoms with Gasteiger partial charge in [0.2, 0.25) is 0 Å². The summed E-state index contributed by atoms with van der Waals surface area (Å²) in [6, 6.07) is 16.6. The van der Waals surface area contributed by atoms with Gasteiger partial charge in [-0.3, -0.25) is 9.89 Å². The first-order chi connectivity index (χ1) is 13.2. The molecule has 1 aromatic heterocycles. The topological polar surface area (TPSA) is 88.6 Å². The summed E-state index contributed by atoms with van der Waals surface area (Å²) in [5, 5.41) is 10.9. The summed E-state index contributed by atoms with van der Waals surface area (Å²) >= 11 is 0. The van der Waals surface area contributed by atoms with Crippen molar-refractivity contribution in [1.29, 1.82) is 0 Å². The molecule has 3 rings (SSSR count). The molecule has 138 valence electrons. The Morgan fingerprint density at radius 2 is 2.07 bits per heavy atom. The molecular weight excluding hydrogens is 344 g/mol. The van der Waals surface area contributed by atoms with E-state index in [-0.39, 0.29) is 5.91 Å². The van der Waals surface area contributed by atoms with Crippen LogP contribution in [-0.2, 0) is 0 Å². The monoisotopic (exact) mass is 364 g/mol. The SMILES string of the molecule is CCOc1ccccc1-c1cc(C(=O)NN=Cc2cccc(OC)c2)[nH]n1. The number of aromatic nitrogens is 2. The molecule has 0 saturated carbocycles. The zero-order chi connectivity index (χ0) is 19.1. The first kappa shape index (κ1) is 18.2. The number of benzene rings is 2. The molecule has 0 bridgehead atoms. The third-order valence-electron chi connectivity index (χ3n) is 3.76. The normalized spacial score (nSPS) is 10.7. The van der Waals surface area contributed by atoms with Gasteiger partial charge in [0, 0.05) is 5.56 Å². The van der Waals surface area contributed by atoms with Gasteiger partial charge in [0.05, 0.1) is 25.6 Å². The van der Waals surface area contributed by atoms with E-state index in [0.29, 0.717) is 18.0 Å². The van der Waals surface area contributed by atoms with Gasteiger partial charge in [-0.1, -0.05) is 24.3 Å². The molecule has 0 atom stereocenters. The first-order valence-corrected chi connectivity index (χ1v) is 8.46. The molecule has 0 aliphatic carbocycles. The van der Waals surface area contributed by atoms with E-state index in [1.807, 2.05) is 55.5 Å². The average Bonchev–Trinajstić information content (AvgIpc) is 3.19. The number of rotatable bonds is 7. The number of nitrogens with one attached hydrogen (secondary N) is 2. The lowest BCUT2D eigenvalue weighted by Gasteiger charge is -2.07. The van der Waals surface area contributed by atoms with Gasteiger partial charge in [-0.2, -0.15) is 10.2 Å². The van der Waals surface area contributed by atoms with E-state index in [9.17, 15) is 4.79 Å². The van der Waals surface area contributed by atoms with Crippen LogP contribution in [0.4, 0.5) is 0 Å². The lowest BCUT2D eigenvalue weighted by molar-refractivity contribution is 0.0950. The van der Waals surface area contributed by atoms with Gasteiger partial charge in [0.15, 0.2) is 0 Å². The number of ether oxygens (including phenoxy) is 2. The van der Waals surface area contributed by atoms with Gasteiger partial charge in [-0.25, -0.2) is 5.43 Å². The lowest BCUT2D eigenvalue weighted by atomic mass is 10.1. The van der Waals surface area contributed by atoms with Crippen LogP contribution in [0, 0.1) is 0 Å². The highest BCUT2D eigenvalue weighted by molar-refractivity contribution is 5.94. The van der Waals surface area contributed by atoms with E-state index < -0.39 is 0 Å². The molecule has 7 nitrogen and oxygen atoms in total. The van der Waals surface area contributed by atoms with Crippen molar-refractivity contribution in [3.05, 3.63) is 65.9 Å². The van der Waals surface area contributed by atoms with E-state index in [0.717, 1.165) is 22.6 Å². The molecule has 7 heteroatoms. The number of para-hydroxylation sites is 1. The maximum Gasteiger partial charge on any atom is 0.289 e. The standard InChI is InChI=1S/C20H20N4O3/c1-3-27-19-10-5-4-9-16(19)17-12-18(23-22-17)20(25)24-21-13-14-7-6-8-15(11-14)26-2/h4-13H,3H2,1-2H3,(H,22,23)(H,24,25). The van der Waals surface area contributed by atoms with Crippen LogP contribution in [0.5, 0.6) is 11.5 Å². The van der Waals surface area contributed by atoms with Crippen LogP contribution in [0.15, 0.2) is 59.7 Å². The number of hydrogen-bond acceptors (Lipinski definition) is 5. The largest absolute Gasteiger partial charge is 0.497 e. The minimum Gasteiger partial charge on any atom is -0.497 e. The molecule has 0 aliphatic heterocycles. The summed E-state index contributed by atoms with van der Waals surface area (Å²) in [7, 11) is 1.59. The Morgan fingerprint density at radius 1 is 1.22 bits per heavy atom. The summed E-state index contributed by atoms with van der Waals surface area (Å²) in [6.07, 6.45) is 1.54. The quantitative estimate of drug-likeness (QED) is 0.497. The van der Waals surface area contributed by atoms with Gasteiger partial charge in [-0.15, -0.1) is 0 Å². The summed E-state index contributed by atoms with van der Waals surface area (Å²) < 4.78 is 10.8. The van der Waals surface area contributed by atoms with Crippen LogP contribution >= 0.6 is 0 Å². The van der Waals surface area contributed by atoms with Crippen molar-refractivity contribution in [2.75, 3.05) is 13.7 Å². The van der Waals surface area contributed by atoms with Gasteiger partial charge in [-0.05, 0) is 42.8 Å². The Balaban J connectivity index is 1.69. The van der Waals surface area contributed by atoms with E-state index in [2.05, 4.69) is 20.7 Å². The molecule has 1 heterocycles. The van der Waals surface area contributed by atoms with Gasteiger partial charge in [0.25, 0.3) is 5.91 Å². The van der Waals surface area contributed by atoms with Gasteiger partial charge in [0.1, 0.15) is 17.2 Å². The third-order valence-corrected chi connectivity index (χ3v) is 3.76. The van der Waals surface area contributed by atoms with Gasteiger partial charge >= 0.3 is 0 Å². The van der Waals surface area contributed by atoms with Crippen LogP contribution in [-0.4, -0.2) is 36.0 Å². The van der Waals surface area contributed by atoms with Crippen molar-refractivity contribution in [2.24, 2.45) is 5.10 Å². The molecular formula is C20H20N4O3. The molecule has 1 amide bonds. The number of methoxy groups -OCH3 is 1. The highest BCUT2D eigenvalue weighted by atomic mass is 16.5. The number of aromatic amines is 1. The zero-order valence-corrected chi connectivity index (χ0v) is 15.1. The molecule has 0 radical (unpaired) electrons. The number of hydrogen-bond donors (Lipinski definition) is 2. The Labute approximate surface area is 157 Å². The fourth-order valence-corrected chi connectivity index (χ4v) is 2.48. The van der Waals surface area contributed by atoms with E-state index >= 15 is 0 Å². The minimum absolute atomic E-state index is 0.305. The number of carbonyl (C=O) groups is 1. The highest BCUT2D eigenvalue weighted by Crippen LogP contribution is 2.28. The number of carbonyl (C=O) groups excluding carboxylic acids is 1. The Kier molecular flexibility index (Phi) is 5.84. The molecule has 27 heavy (non-hydrogen) atoms. The average molecular weight is 364 g/mol. The highest BCUT2D eigenvalue weighted by Gasteiger charge is 2.13. The van der Waals surface area contributed by atoms with Crippen molar-refractivity contribution in [1.82, 2.24) is 15.6 Å². The van der Waals surface area contributed by atoms with Crippen LogP contribution < -0.4 is 14.9 Å². The molecule has 0 aliphatic rings. The van der Waals surface area contributed by atoms with Crippen LogP contribution in [0.1, 0.15) is 23.0 Å². The summed E-state index contributed by atoms with van der Waals surface area (Å²) in [5.74, 6) is 1.05.